The number of hydrogen-bond donors (Lipinski definition) is 3. The van der Waals surface area contributed by atoms with Crippen LogP contribution in [-0.2, 0) is 14.3 Å². The molecule has 1 unspecified atom stereocenters. The van der Waals surface area contributed by atoms with Crippen molar-refractivity contribution in [3.63, 3.8) is 0 Å². The molecule has 2 fully saturated rings. The number of ether oxygens (including phenoxy) is 1. The third-order valence-corrected chi connectivity index (χ3v) is 4.07. The zero-order chi connectivity index (χ0) is 16.1. The molecule has 0 aromatic heterocycles. The first kappa shape index (κ1) is 16.0. The van der Waals surface area contributed by atoms with Crippen LogP contribution in [0.4, 0.5) is 11.4 Å². The Morgan fingerprint density at radius 3 is 2.35 bits per heavy atom. The van der Waals surface area contributed by atoms with Crippen LogP contribution >= 0.6 is 0 Å². The van der Waals surface area contributed by atoms with Gasteiger partial charge in [0, 0.05) is 18.0 Å². The van der Waals surface area contributed by atoms with Gasteiger partial charge in [0.2, 0.25) is 5.91 Å². The number of rotatable bonds is 7. The van der Waals surface area contributed by atoms with Gasteiger partial charge < -0.3 is 20.7 Å². The minimum Gasteiger partial charge on any atom is -0.368 e. The molecule has 1 aliphatic heterocycles. The van der Waals surface area contributed by atoms with Gasteiger partial charge in [-0.3, -0.25) is 9.59 Å². The summed E-state index contributed by atoms with van der Waals surface area (Å²) in [5.41, 5.74) is 1.42. The molecular weight excluding hydrogens is 294 g/mol. The van der Waals surface area contributed by atoms with Crippen LogP contribution in [0.25, 0.3) is 0 Å². The standard InChI is InChI=1S/C17H23N3O3/c21-16(11-18-10-12-3-4-12)19-13-5-7-14(8-6-13)20-17(22)15-2-1-9-23-15/h5-8,12,15,18H,1-4,9-11H2,(H,19,21)(H,20,22). The Labute approximate surface area is 136 Å². The second-order valence-corrected chi connectivity index (χ2v) is 6.19. The molecule has 1 heterocycles. The van der Waals surface area contributed by atoms with Gasteiger partial charge in [-0.2, -0.15) is 0 Å². The molecule has 6 nitrogen and oxygen atoms in total. The second kappa shape index (κ2) is 7.57. The summed E-state index contributed by atoms with van der Waals surface area (Å²) in [5.74, 6) is 0.597. The fourth-order valence-corrected chi connectivity index (χ4v) is 2.56. The Morgan fingerprint density at radius 2 is 1.74 bits per heavy atom. The molecule has 2 aliphatic rings. The van der Waals surface area contributed by atoms with E-state index in [1.165, 1.54) is 12.8 Å². The fourth-order valence-electron chi connectivity index (χ4n) is 2.56. The molecule has 3 rings (SSSR count). The van der Waals surface area contributed by atoms with E-state index in [1.54, 1.807) is 24.3 Å². The third-order valence-electron chi connectivity index (χ3n) is 4.07. The summed E-state index contributed by atoms with van der Waals surface area (Å²) in [5, 5.41) is 8.82. The van der Waals surface area contributed by atoms with Gasteiger partial charge in [0.15, 0.2) is 0 Å². The monoisotopic (exact) mass is 317 g/mol. The van der Waals surface area contributed by atoms with Crippen molar-refractivity contribution >= 4 is 23.2 Å². The maximum Gasteiger partial charge on any atom is 0.253 e. The van der Waals surface area contributed by atoms with Crippen molar-refractivity contribution < 1.29 is 14.3 Å². The molecule has 6 heteroatoms. The largest absolute Gasteiger partial charge is 0.368 e. The smallest absolute Gasteiger partial charge is 0.253 e. The van der Waals surface area contributed by atoms with Crippen molar-refractivity contribution in [3.05, 3.63) is 24.3 Å². The normalized spacial score (nSPS) is 20.3. The number of benzene rings is 1. The zero-order valence-corrected chi connectivity index (χ0v) is 13.1. The molecule has 1 aromatic carbocycles. The third kappa shape index (κ3) is 5.04. The quantitative estimate of drug-likeness (QED) is 0.716. The van der Waals surface area contributed by atoms with E-state index in [9.17, 15) is 9.59 Å². The molecule has 1 saturated carbocycles. The Morgan fingerprint density at radius 1 is 1.04 bits per heavy atom. The van der Waals surface area contributed by atoms with E-state index in [2.05, 4.69) is 16.0 Å². The number of amides is 2. The molecule has 2 amide bonds. The highest BCUT2D eigenvalue weighted by Gasteiger charge is 2.23. The first-order valence-electron chi connectivity index (χ1n) is 8.24. The van der Waals surface area contributed by atoms with Crippen LogP contribution in [0.15, 0.2) is 24.3 Å². The van der Waals surface area contributed by atoms with Crippen LogP contribution in [0.1, 0.15) is 25.7 Å². The lowest BCUT2D eigenvalue weighted by Crippen LogP contribution is -2.29. The fraction of sp³-hybridized carbons (Fsp3) is 0.529. The van der Waals surface area contributed by atoms with Gasteiger partial charge in [0.05, 0.1) is 6.54 Å². The maximum absolute atomic E-state index is 11.9. The van der Waals surface area contributed by atoms with E-state index in [0.717, 1.165) is 31.0 Å². The summed E-state index contributed by atoms with van der Waals surface area (Å²) in [6.07, 6.45) is 3.90. The number of carbonyl (C=O) groups excluding carboxylic acids is 2. The van der Waals surface area contributed by atoms with Gasteiger partial charge in [0.25, 0.3) is 5.91 Å². The number of hydrogen-bond acceptors (Lipinski definition) is 4. The number of anilines is 2. The van der Waals surface area contributed by atoms with E-state index >= 15 is 0 Å². The minimum atomic E-state index is -0.341. The summed E-state index contributed by atoms with van der Waals surface area (Å²) in [6.45, 7) is 1.90. The van der Waals surface area contributed by atoms with Gasteiger partial charge in [-0.25, -0.2) is 0 Å². The summed E-state index contributed by atoms with van der Waals surface area (Å²) in [7, 11) is 0. The molecule has 23 heavy (non-hydrogen) atoms. The van der Waals surface area contributed by atoms with Gasteiger partial charge in [-0.05, 0) is 62.4 Å². The molecule has 1 aliphatic carbocycles. The Bertz CT molecular complexity index is 549. The lowest BCUT2D eigenvalue weighted by atomic mass is 10.2. The number of nitrogens with one attached hydrogen (secondary N) is 3. The molecule has 0 radical (unpaired) electrons. The van der Waals surface area contributed by atoms with Gasteiger partial charge in [-0.15, -0.1) is 0 Å². The first-order valence-corrected chi connectivity index (χ1v) is 8.24. The lowest BCUT2D eigenvalue weighted by Gasteiger charge is -2.11. The Balaban J connectivity index is 1.42. The van der Waals surface area contributed by atoms with Crippen LogP contribution in [0.3, 0.4) is 0 Å². The average molecular weight is 317 g/mol. The maximum atomic E-state index is 11.9. The van der Waals surface area contributed by atoms with Crippen molar-refractivity contribution in [1.29, 1.82) is 0 Å². The molecule has 0 bridgehead atoms. The predicted molar refractivity (Wildman–Crippen MR) is 88.3 cm³/mol. The van der Waals surface area contributed by atoms with Crippen LogP contribution < -0.4 is 16.0 Å². The first-order chi connectivity index (χ1) is 11.2. The number of carbonyl (C=O) groups is 2. The van der Waals surface area contributed by atoms with Crippen LogP contribution in [0, 0.1) is 5.92 Å². The van der Waals surface area contributed by atoms with E-state index in [1.807, 2.05) is 0 Å². The van der Waals surface area contributed by atoms with Gasteiger partial charge in [-0.1, -0.05) is 0 Å². The summed E-state index contributed by atoms with van der Waals surface area (Å²) >= 11 is 0. The minimum absolute atomic E-state index is 0.0539. The van der Waals surface area contributed by atoms with Crippen molar-refractivity contribution in [2.75, 3.05) is 30.3 Å². The zero-order valence-electron chi connectivity index (χ0n) is 13.1. The topological polar surface area (TPSA) is 79.5 Å². The second-order valence-electron chi connectivity index (χ2n) is 6.19. The highest BCUT2D eigenvalue weighted by atomic mass is 16.5. The molecule has 3 N–H and O–H groups in total. The lowest BCUT2D eigenvalue weighted by molar-refractivity contribution is -0.124. The Kier molecular flexibility index (Phi) is 5.25. The van der Waals surface area contributed by atoms with Crippen molar-refractivity contribution in [2.24, 2.45) is 5.92 Å². The van der Waals surface area contributed by atoms with E-state index in [-0.39, 0.29) is 17.9 Å². The highest BCUT2D eigenvalue weighted by Crippen LogP contribution is 2.27. The Hall–Kier alpha value is -1.92. The summed E-state index contributed by atoms with van der Waals surface area (Å²) in [6, 6.07) is 7.12. The van der Waals surface area contributed by atoms with E-state index in [0.29, 0.717) is 18.8 Å². The predicted octanol–water partition coefficient (Wildman–Crippen LogP) is 1.74. The average Bonchev–Trinajstić information content (AvgIpc) is 3.19. The molecule has 1 aromatic rings. The molecule has 1 atom stereocenters. The summed E-state index contributed by atoms with van der Waals surface area (Å²) < 4.78 is 5.35. The van der Waals surface area contributed by atoms with E-state index < -0.39 is 0 Å². The molecule has 0 spiro atoms. The van der Waals surface area contributed by atoms with Crippen molar-refractivity contribution in [2.45, 2.75) is 31.8 Å². The SMILES string of the molecule is O=C(CNCC1CC1)Nc1ccc(NC(=O)C2CCCO2)cc1. The van der Waals surface area contributed by atoms with Crippen LogP contribution in [-0.4, -0.2) is 37.6 Å². The molecule has 124 valence electrons. The van der Waals surface area contributed by atoms with Crippen LogP contribution in [0.2, 0.25) is 0 Å². The molecule has 1 saturated heterocycles. The van der Waals surface area contributed by atoms with Gasteiger partial charge in [0.1, 0.15) is 6.10 Å². The van der Waals surface area contributed by atoms with Crippen LogP contribution in [0.5, 0.6) is 0 Å². The van der Waals surface area contributed by atoms with Gasteiger partial charge >= 0.3 is 0 Å². The van der Waals surface area contributed by atoms with Crippen molar-refractivity contribution in [1.82, 2.24) is 5.32 Å². The highest BCUT2D eigenvalue weighted by molar-refractivity contribution is 5.95. The molecular formula is C17H23N3O3. The summed E-state index contributed by atoms with van der Waals surface area (Å²) in [4.78, 5) is 23.7. The van der Waals surface area contributed by atoms with E-state index in [4.69, 9.17) is 4.74 Å². The van der Waals surface area contributed by atoms with Crippen molar-refractivity contribution in [3.8, 4) is 0 Å².